The van der Waals surface area contributed by atoms with Crippen LogP contribution in [0.15, 0.2) is 30.3 Å². The fraction of sp³-hybridized carbons (Fsp3) is 0.467. The number of amides is 1. The highest BCUT2D eigenvalue weighted by molar-refractivity contribution is 6.91. The van der Waals surface area contributed by atoms with Crippen LogP contribution in [0, 0.1) is 5.92 Å². The lowest BCUT2D eigenvalue weighted by atomic mass is 9.87. The Hall–Kier alpha value is -1.62. The van der Waals surface area contributed by atoms with Gasteiger partial charge in [-0.3, -0.25) is 4.79 Å². The summed E-state index contributed by atoms with van der Waals surface area (Å²) in [7, 11) is -0.471. The zero-order chi connectivity index (χ0) is 14.9. The van der Waals surface area contributed by atoms with Gasteiger partial charge in [0, 0.05) is 0 Å². The molecule has 2 rings (SSSR count). The van der Waals surface area contributed by atoms with Gasteiger partial charge >= 0.3 is 5.97 Å². The molecule has 1 heterocycles. The summed E-state index contributed by atoms with van der Waals surface area (Å²) in [5.74, 6) is -0.659. The van der Waals surface area contributed by atoms with Crippen molar-refractivity contribution in [2.45, 2.75) is 31.6 Å². The first-order chi connectivity index (χ1) is 9.39. The monoisotopic (exact) mass is 291 g/mol. The molecule has 1 fully saturated rings. The molecule has 0 aromatic heterocycles. The van der Waals surface area contributed by atoms with Crippen LogP contribution in [0.1, 0.15) is 6.92 Å². The molecule has 1 saturated heterocycles. The van der Waals surface area contributed by atoms with Gasteiger partial charge in [0.15, 0.2) is 0 Å². The third-order valence-corrected chi connectivity index (χ3v) is 9.07. The number of β-lactam (4-membered cyclic amide) rings is 1. The highest BCUT2D eigenvalue weighted by Gasteiger charge is 2.52. The molecule has 1 aliphatic rings. The number of esters is 1. The lowest BCUT2D eigenvalue weighted by Crippen LogP contribution is -2.66. The molecule has 0 aliphatic carbocycles. The van der Waals surface area contributed by atoms with Gasteiger partial charge in [-0.2, -0.15) is 0 Å². The molecule has 0 bridgehead atoms. The summed E-state index contributed by atoms with van der Waals surface area (Å²) in [5, 5.41) is 3.96. The van der Waals surface area contributed by atoms with Crippen LogP contribution in [-0.4, -0.2) is 33.1 Å². The summed E-state index contributed by atoms with van der Waals surface area (Å²) in [6, 6.07) is 9.79. The van der Waals surface area contributed by atoms with Crippen LogP contribution < -0.4 is 10.5 Å². The molecule has 1 aliphatic heterocycles. The second kappa shape index (κ2) is 5.40. The third kappa shape index (κ3) is 2.38. The van der Waals surface area contributed by atoms with Crippen LogP contribution in [0.25, 0.3) is 0 Å². The van der Waals surface area contributed by atoms with Crippen LogP contribution in [0.2, 0.25) is 18.6 Å². The van der Waals surface area contributed by atoms with Gasteiger partial charge in [-0.1, -0.05) is 55.5 Å². The van der Waals surface area contributed by atoms with Crippen molar-refractivity contribution in [2.75, 3.05) is 7.11 Å². The lowest BCUT2D eigenvalue weighted by molar-refractivity contribution is -0.155. The standard InChI is InChI=1S/C15H21NO3Si/c1-10(12-13(15(18)19-2)16-14(12)17)20(3,4)11-8-6-5-7-9-11/h5-10,12-13H,1-4H3,(H,16,17)/t10-,12-,13+/m1/s1. The van der Waals surface area contributed by atoms with Crippen molar-refractivity contribution in [1.82, 2.24) is 5.32 Å². The van der Waals surface area contributed by atoms with E-state index in [2.05, 4.69) is 37.5 Å². The predicted molar refractivity (Wildman–Crippen MR) is 80.4 cm³/mol. The molecule has 20 heavy (non-hydrogen) atoms. The Balaban J connectivity index is 2.23. The molecular formula is C15H21NO3Si. The fourth-order valence-electron chi connectivity index (χ4n) is 2.82. The van der Waals surface area contributed by atoms with Gasteiger partial charge in [0.25, 0.3) is 0 Å². The fourth-order valence-corrected chi connectivity index (χ4v) is 5.64. The summed E-state index contributed by atoms with van der Waals surface area (Å²) < 4.78 is 4.76. The number of hydrogen-bond donors (Lipinski definition) is 1. The first-order valence-electron chi connectivity index (χ1n) is 6.83. The average Bonchev–Trinajstić information content (AvgIpc) is 2.44. The zero-order valence-corrected chi connectivity index (χ0v) is 13.3. The minimum absolute atomic E-state index is 0.0376. The van der Waals surface area contributed by atoms with Gasteiger partial charge in [-0.05, 0) is 5.54 Å². The van der Waals surface area contributed by atoms with Gasteiger partial charge in [-0.15, -0.1) is 0 Å². The van der Waals surface area contributed by atoms with Crippen molar-refractivity contribution >= 4 is 25.1 Å². The SMILES string of the molecule is COC(=O)[C@H]1NC(=O)[C@@H]1[C@@H](C)[Si](C)(C)c1ccccc1. The van der Waals surface area contributed by atoms with E-state index in [0.717, 1.165) is 0 Å². The minimum Gasteiger partial charge on any atom is -0.467 e. The Morgan fingerprint density at radius 2 is 1.90 bits per heavy atom. The number of nitrogens with one attached hydrogen (secondary N) is 1. The van der Waals surface area contributed by atoms with Crippen molar-refractivity contribution < 1.29 is 14.3 Å². The van der Waals surface area contributed by atoms with E-state index in [-0.39, 0.29) is 23.3 Å². The third-order valence-electron chi connectivity index (χ3n) is 4.61. The Bertz CT molecular complexity index is 515. The Morgan fingerprint density at radius 3 is 2.40 bits per heavy atom. The molecule has 0 saturated carbocycles. The van der Waals surface area contributed by atoms with E-state index in [1.807, 2.05) is 18.2 Å². The van der Waals surface area contributed by atoms with Crippen LogP contribution >= 0.6 is 0 Å². The maximum Gasteiger partial charge on any atom is 0.329 e. The lowest BCUT2D eigenvalue weighted by Gasteiger charge is -2.44. The van der Waals surface area contributed by atoms with Gasteiger partial charge in [0.2, 0.25) is 5.91 Å². The van der Waals surface area contributed by atoms with E-state index in [1.54, 1.807) is 0 Å². The quantitative estimate of drug-likeness (QED) is 0.516. The van der Waals surface area contributed by atoms with Gasteiger partial charge in [0.05, 0.1) is 21.1 Å². The van der Waals surface area contributed by atoms with E-state index in [0.29, 0.717) is 0 Å². The highest BCUT2D eigenvalue weighted by atomic mass is 28.3. The smallest absolute Gasteiger partial charge is 0.329 e. The summed E-state index contributed by atoms with van der Waals surface area (Å²) in [6.07, 6.45) is 0. The van der Waals surface area contributed by atoms with E-state index >= 15 is 0 Å². The normalized spacial score (nSPS) is 23.5. The number of methoxy groups -OCH3 is 1. The molecular weight excluding hydrogens is 270 g/mol. The molecule has 1 aromatic rings. The van der Waals surface area contributed by atoms with Crippen LogP contribution in [0.3, 0.4) is 0 Å². The number of carbonyl (C=O) groups is 2. The van der Waals surface area contributed by atoms with Crippen LogP contribution in [0.4, 0.5) is 0 Å². The Kier molecular flexibility index (Phi) is 3.99. The van der Waals surface area contributed by atoms with Gasteiger partial charge < -0.3 is 10.1 Å². The molecule has 0 radical (unpaired) electrons. The van der Waals surface area contributed by atoms with Gasteiger partial charge in [0.1, 0.15) is 6.04 Å². The molecule has 5 heteroatoms. The second-order valence-corrected chi connectivity index (χ2v) is 10.8. The van der Waals surface area contributed by atoms with Crippen molar-refractivity contribution in [2.24, 2.45) is 5.92 Å². The zero-order valence-electron chi connectivity index (χ0n) is 12.3. The maximum absolute atomic E-state index is 11.9. The highest BCUT2D eigenvalue weighted by Crippen LogP contribution is 2.36. The Labute approximate surface area is 120 Å². The molecule has 108 valence electrons. The molecule has 1 N–H and O–H groups in total. The largest absolute Gasteiger partial charge is 0.467 e. The predicted octanol–water partition coefficient (Wildman–Crippen LogP) is 1.28. The maximum atomic E-state index is 11.9. The summed E-state index contributed by atoms with van der Waals surface area (Å²) in [5.41, 5.74) is 0.169. The minimum atomic E-state index is -1.83. The van der Waals surface area contributed by atoms with Crippen molar-refractivity contribution in [3.05, 3.63) is 30.3 Å². The first kappa shape index (κ1) is 14.8. The molecule has 0 spiro atoms. The number of rotatable bonds is 4. The summed E-state index contributed by atoms with van der Waals surface area (Å²) in [4.78, 5) is 23.6. The average molecular weight is 291 g/mol. The topological polar surface area (TPSA) is 55.4 Å². The number of hydrogen-bond acceptors (Lipinski definition) is 3. The van der Waals surface area contributed by atoms with Crippen LogP contribution in [-0.2, 0) is 14.3 Å². The summed E-state index contributed by atoms with van der Waals surface area (Å²) in [6.45, 7) is 6.57. The van der Waals surface area contributed by atoms with Gasteiger partial charge in [-0.25, -0.2) is 4.79 Å². The van der Waals surface area contributed by atoms with Crippen LogP contribution in [0.5, 0.6) is 0 Å². The second-order valence-electron chi connectivity index (χ2n) is 5.91. The number of carbonyl (C=O) groups excluding carboxylic acids is 2. The Morgan fingerprint density at radius 1 is 1.30 bits per heavy atom. The van der Waals surface area contributed by atoms with Crippen molar-refractivity contribution in [1.29, 1.82) is 0 Å². The van der Waals surface area contributed by atoms with E-state index in [9.17, 15) is 9.59 Å². The van der Waals surface area contributed by atoms with Crippen molar-refractivity contribution in [3.8, 4) is 0 Å². The first-order valence-corrected chi connectivity index (χ1v) is 9.91. The molecule has 1 amide bonds. The molecule has 3 atom stereocenters. The van der Waals surface area contributed by atoms with E-state index < -0.39 is 14.1 Å². The molecule has 1 aromatic carbocycles. The number of ether oxygens (including phenoxy) is 1. The summed E-state index contributed by atoms with van der Waals surface area (Å²) >= 11 is 0. The molecule has 0 unspecified atom stereocenters. The van der Waals surface area contributed by atoms with E-state index in [1.165, 1.54) is 12.3 Å². The number of benzene rings is 1. The van der Waals surface area contributed by atoms with Crippen molar-refractivity contribution in [3.63, 3.8) is 0 Å². The van der Waals surface area contributed by atoms with E-state index in [4.69, 9.17) is 4.74 Å². The molecule has 4 nitrogen and oxygen atoms in total.